The van der Waals surface area contributed by atoms with Gasteiger partial charge >= 0.3 is 6.09 Å². The Hall–Kier alpha value is -2.64. The molecule has 4 atom stereocenters. The molecule has 31 heavy (non-hydrogen) atoms. The van der Waals surface area contributed by atoms with E-state index < -0.39 is 29.9 Å². The van der Waals surface area contributed by atoms with E-state index in [1.165, 1.54) is 12.1 Å². The highest BCUT2D eigenvalue weighted by molar-refractivity contribution is 5.68. The monoisotopic (exact) mass is 430 g/mol. The number of amides is 1. The number of likely N-dealkylation sites (N-methyl/N-ethyl adjacent to an activating group) is 1. The van der Waals surface area contributed by atoms with Crippen molar-refractivity contribution in [1.29, 1.82) is 0 Å². The molecule has 0 radical (unpaired) electrons. The molecule has 0 bridgehead atoms. The smallest absolute Gasteiger partial charge is 0.407 e. The third-order valence-electron chi connectivity index (χ3n) is 5.22. The summed E-state index contributed by atoms with van der Waals surface area (Å²) in [6, 6.07) is 14.7. The quantitative estimate of drug-likeness (QED) is 0.731. The number of nitrogens with zero attached hydrogens (tertiary/aromatic N) is 1. The number of ether oxygens (including phenoxy) is 2. The SMILES string of the molecule is CN(Cc1ccc(F)cc1)[C@@H]1[C@@H](O)[C@H](Oc2ccccc2)C[C@H]1NC(=O)OC(C)(C)C. The Kier molecular flexibility index (Phi) is 7.18. The van der Waals surface area contributed by atoms with Gasteiger partial charge in [-0.1, -0.05) is 30.3 Å². The number of rotatable bonds is 6. The van der Waals surface area contributed by atoms with E-state index in [2.05, 4.69) is 5.32 Å². The number of aliphatic hydroxyl groups is 1. The van der Waals surface area contributed by atoms with Crippen LogP contribution in [0.3, 0.4) is 0 Å². The van der Waals surface area contributed by atoms with Gasteiger partial charge in [-0.05, 0) is 57.6 Å². The number of halogens is 1. The average Bonchev–Trinajstić information content (AvgIpc) is 2.97. The molecule has 0 aliphatic heterocycles. The topological polar surface area (TPSA) is 71.0 Å². The van der Waals surface area contributed by atoms with Crippen LogP contribution in [0, 0.1) is 5.82 Å². The molecule has 7 heteroatoms. The number of benzene rings is 2. The van der Waals surface area contributed by atoms with Gasteiger partial charge in [0.25, 0.3) is 0 Å². The first-order valence-corrected chi connectivity index (χ1v) is 10.5. The number of carbonyl (C=O) groups excluding carboxylic acids is 1. The van der Waals surface area contributed by atoms with Crippen LogP contribution in [-0.2, 0) is 11.3 Å². The zero-order valence-corrected chi connectivity index (χ0v) is 18.4. The van der Waals surface area contributed by atoms with Crippen molar-refractivity contribution in [2.75, 3.05) is 7.05 Å². The minimum Gasteiger partial charge on any atom is -0.488 e. The van der Waals surface area contributed by atoms with Gasteiger partial charge in [-0.3, -0.25) is 4.90 Å². The maximum absolute atomic E-state index is 13.3. The summed E-state index contributed by atoms with van der Waals surface area (Å²) < 4.78 is 24.7. The minimum absolute atomic E-state index is 0.298. The number of aliphatic hydroxyl groups excluding tert-OH is 1. The molecular weight excluding hydrogens is 399 g/mol. The highest BCUT2D eigenvalue weighted by Gasteiger charge is 2.47. The molecule has 0 aromatic heterocycles. The molecule has 0 heterocycles. The Morgan fingerprint density at radius 3 is 2.42 bits per heavy atom. The molecule has 1 aliphatic carbocycles. The Balaban J connectivity index is 1.76. The van der Waals surface area contributed by atoms with Gasteiger partial charge in [-0.25, -0.2) is 9.18 Å². The van der Waals surface area contributed by atoms with Crippen molar-refractivity contribution in [3.05, 3.63) is 66.0 Å². The summed E-state index contributed by atoms with van der Waals surface area (Å²) >= 11 is 0. The van der Waals surface area contributed by atoms with Crippen molar-refractivity contribution in [2.45, 2.75) is 63.6 Å². The maximum Gasteiger partial charge on any atom is 0.407 e. The summed E-state index contributed by atoms with van der Waals surface area (Å²) in [5.74, 6) is 0.359. The molecule has 1 aliphatic rings. The molecule has 2 aromatic carbocycles. The third kappa shape index (κ3) is 6.42. The van der Waals surface area contributed by atoms with Crippen LogP contribution in [0.4, 0.5) is 9.18 Å². The molecule has 168 valence electrons. The molecule has 0 saturated heterocycles. The lowest BCUT2D eigenvalue weighted by atomic mass is 10.1. The molecule has 2 N–H and O–H groups in total. The number of nitrogens with one attached hydrogen (secondary N) is 1. The number of hydrogen-bond donors (Lipinski definition) is 2. The van der Waals surface area contributed by atoms with Crippen LogP contribution in [0.5, 0.6) is 5.75 Å². The van der Waals surface area contributed by atoms with Gasteiger partial charge in [0.15, 0.2) is 0 Å². The molecule has 1 amide bonds. The largest absolute Gasteiger partial charge is 0.488 e. The van der Waals surface area contributed by atoms with Crippen molar-refractivity contribution in [1.82, 2.24) is 10.2 Å². The van der Waals surface area contributed by atoms with Gasteiger partial charge in [0.1, 0.15) is 29.4 Å². The number of alkyl carbamates (subject to hydrolysis) is 1. The van der Waals surface area contributed by atoms with Gasteiger partial charge < -0.3 is 19.9 Å². The zero-order valence-electron chi connectivity index (χ0n) is 18.4. The van der Waals surface area contributed by atoms with Gasteiger partial charge in [-0.15, -0.1) is 0 Å². The molecular formula is C24H31FN2O4. The first kappa shape index (κ1) is 23.0. The first-order valence-electron chi connectivity index (χ1n) is 10.5. The Morgan fingerprint density at radius 1 is 1.16 bits per heavy atom. The summed E-state index contributed by atoms with van der Waals surface area (Å²) in [6.07, 6.45) is -1.45. The molecule has 0 spiro atoms. The Labute approximate surface area is 183 Å². The standard InChI is InChI=1S/C24H31FN2O4/c1-24(2,3)31-23(29)26-19-14-20(30-18-8-6-5-7-9-18)22(28)21(19)27(4)15-16-10-12-17(25)13-11-16/h5-13,19-22,28H,14-15H2,1-4H3,(H,26,29)/t19-,20-,21+,22+/m1/s1. The first-order chi connectivity index (χ1) is 14.6. The summed E-state index contributed by atoms with van der Waals surface area (Å²) in [6.45, 7) is 5.88. The zero-order chi connectivity index (χ0) is 22.6. The van der Waals surface area contributed by atoms with Crippen LogP contribution < -0.4 is 10.1 Å². The second kappa shape index (κ2) is 9.66. The fourth-order valence-corrected chi connectivity index (χ4v) is 3.93. The van der Waals surface area contributed by atoms with Gasteiger partial charge in [-0.2, -0.15) is 0 Å². The summed E-state index contributed by atoms with van der Waals surface area (Å²) in [4.78, 5) is 14.4. The van der Waals surface area contributed by atoms with E-state index in [-0.39, 0.29) is 11.9 Å². The molecule has 1 fully saturated rings. The summed E-state index contributed by atoms with van der Waals surface area (Å²) in [5, 5.41) is 14.0. The van der Waals surface area contributed by atoms with Crippen LogP contribution in [0.2, 0.25) is 0 Å². The van der Waals surface area contributed by atoms with Gasteiger partial charge in [0.2, 0.25) is 0 Å². The lowest BCUT2D eigenvalue weighted by molar-refractivity contribution is 0.0108. The highest BCUT2D eigenvalue weighted by Crippen LogP contribution is 2.30. The number of para-hydroxylation sites is 1. The lowest BCUT2D eigenvalue weighted by Crippen LogP contribution is -2.52. The Bertz CT molecular complexity index is 854. The van der Waals surface area contributed by atoms with Crippen molar-refractivity contribution in [3.8, 4) is 5.75 Å². The van der Waals surface area contributed by atoms with E-state index in [0.29, 0.717) is 18.7 Å². The van der Waals surface area contributed by atoms with Crippen molar-refractivity contribution in [2.24, 2.45) is 0 Å². The van der Waals surface area contributed by atoms with E-state index in [1.807, 2.05) is 42.3 Å². The molecule has 6 nitrogen and oxygen atoms in total. The summed E-state index contributed by atoms with van der Waals surface area (Å²) in [7, 11) is 1.87. The van der Waals surface area contributed by atoms with E-state index >= 15 is 0 Å². The van der Waals surface area contributed by atoms with Crippen LogP contribution >= 0.6 is 0 Å². The average molecular weight is 431 g/mol. The Morgan fingerprint density at radius 2 is 1.81 bits per heavy atom. The highest BCUT2D eigenvalue weighted by atomic mass is 19.1. The van der Waals surface area contributed by atoms with E-state index in [0.717, 1.165) is 5.56 Å². The van der Waals surface area contributed by atoms with E-state index in [1.54, 1.807) is 32.9 Å². The molecule has 3 rings (SSSR count). The minimum atomic E-state index is -0.842. The number of hydrogen-bond acceptors (Lipinski definition) is 5. The second-order valence-electron chi connectivity index (χ2n) is 8.98. The normalized spacial score (nSPS) is 23.6. The van der Waals surface area contributed by atoms with Crippen molar-refractivity contribution in [3.63, 3.8) is 0 Å². The summed E-state index contributed by atoms with van der Waals surface area (Å²) in [5.41, 5.74) is 0.274. The van der Waals surface area contributed by atoms with Crippen LogP contribution in [0.15, 0.2) is 54.6 Å². The second-order valence-corrected chi connectivity index (χ2v) is 8.98. The van der Waals surface area contributed by atoms with E-state index in [4.69, 9.17) is 9.47 Å². The van der Waals surface area contributed by atoms with Crippen LogP contribution in [0.1, 0.15) is 32.8 Å². The molecule has 0 unspecified atom stereocenters. The molecule has 2 aromatic rings. The predicted molar refractivity (Wildman–Crippen MR) is 116 cm³/mol. The predicted octanol–water partition coefficient (Wildman–Crippen LogP) is 3.73. The van der Waals surface area contributed by atoms with Crippen LogP contribution in [-0.4, -0.2) is 53.0 Å². The van der Waals surface area contributed by atoms with E-state index in [9.17, 15) is 14.3 Å². The fourth-order valence-electron chi connectivity index (χ4n) is 3.93. The lowest BCUT2D eigenvalue weighted by Gasteiger charge is -2.32. The van der Waals surface area contributed by atoms with Crippen molar-refractivity contribution >= 4 is 6.09 Å². The fraction of sp³-hybridized carbons (Fsp3) is 0.458. The molecule has 1 saturated carbocycles. The van der Waals surface area contributed by atoms with Crippen molar-refractivity contribution < 1.29 is 23.8 Å². The maximum atomic E-state index is 13.3. The number of carbonyl (C=O) groups is 1. The van der Waals surface area contributed by atoms with Crippen LogP contribution in [0.25, 0.3) is 0 Å². The van der Waals surface area contributed by atoms with Gasteiger partial charge in [0.05, 0.1) is 12.1 Å². The third-order valence-corrected chi connectivity index (χ3v) is 5.22. The van der Waals surface area contributed by atoms with Gasteiger partial charge in [0, 0.05) is 13.0 Å².